The van der Waals surface area contributed by atoms with Crippen LogP contribution in [0.4, 0.5) is 26.3 Å². The first kappa shape index (κ1) is 18.8. The molecule has 0 bridgehead atoms. The van der Waals surface area contributed by atoms with E-state index in [4.69, 9.17) is 0 Å². The Morgan fingerprint density at radius 1 is 0.783 bits per heavy atom. The molecule has 1 N–H and O–H groups in total. The zero-order valence-electron chi connectivity index (χ0n) is 12.9. The molecule has 0 aromatic rings. The molecule has 0 aliphatic carbocycles. The van der Waals surface area contributed by atoms with E-state index in [9.17, 15) is 26.3 Å². The quantitative estimate of drug-likeness (QED) is 0.771. The first-order chi connectivity index (χ1) is 10.6. The van der Waals surface area contributed by atoms with Gasteiger partial charge < -0.3 is 5.32 Å². The molecule has 9 heteroatoms. The van der Waals surface area contributed by atoms with Crippen LogP contribution in [-0.4, -0.2) is 74.0 Å². The van der Waals surface area contributed by atoms with Gasteiger partial charge in [-0.05, 0) is 51.4 Å². The fourth-order valence-corrected chi connectivity index (χ4v) is 3.36. The average molecular weight is 347 g/mol. The zero-order chi connectivity index (χ0) is 17.1. The van der Waals surface area contributed by atoms with E-state index >= 15 is 0 Å². The standard InChI is InChI=1S/C14H23F6N3/c15-13(16,17)9-22-5-2-12(3-6-22)21-7-11-1-4-23(8-11)10-14(18,19)20/h11-12,21H,1-10H2. The van der Waals surface area contributed by atoms with E-state index in [2.05, 4.69) is 5.32 Å². The molecular formula is C14H23F6N3. The first-order valence-corrected chi connectivity index (χ1v) is 7.92. The van der Waals surface area contributed by atoms with Crippen LogP contribution in [0.3, 0.4) is 0 Å². The molecule has 2 aliphatic rings. The molecule has 2 fully saturated rings. The van der Waals surface area contributed by atoms with Crippen molar-refractivity contribution in [1.29, 1.82) is 0 Å². The Kier molecular flexibility index (Phi) is 6.18. The lowest BCUT2D eigenvalue weighted by molar-refractivity contribution is -0.148. The molecule has 0 spiro atoms. The van der Waals surface area contributed by atoms with Crippen molar-refractivity contribution in [2.24, 2.45) is 5.92 Å². The smallest absolute Gasteiger partial charge is 0.314 e. The number of likely N-dealkylation sites (tertiary alicyclic amines) is 2. The van der Waals surface area contributed by atoms with Gasteiger partial charge in [0, 0.05) is 12.6 Å². The number of hydrogen-bond acceptors (Lipinski definition) is 3. The third kappa shape index (κ3) is 7.26. The second-order valence-corrected chi connectivity index (χ2v) is 6.58. The summed E-state index contributed by atoms with van der Waals surface area (Å²) in [6.45, 7) is 0.603. The minimum atomic E-state index is -4.16. The molecule has 1 unspecified atom stereocenters. The monoisotopic (exact) mass is 347 g/mol. The Morgan fingerprint density at radius 2 is 1.30 bits per heavy atom. The molecule has 2 rings (SSSR count). The fraction of sp³-hybridized carbons (Fsp3) is 1.00. The predicted octanol–water partition coefficient (Wildman–Crippen LogP) is 2.49. The van der Waals surface area contributed by atoms with Crippen LogP contribution < -0.4 is 5.32 Å². The van der Waals surface area contributed by atoms with Crippen LogP contribution in [0.5, 0.6) is 0 Å². The Hall–Kier alpha value is -0.540. The van der Waals surface area contributed by atoms with Gasteiger partial charge in [-0.2, -0.15) is 26.3 Å². The summed E-state index contributed by atoms with van der Waals surface area (Å²) in [6, 6.07) is 0.163. The van der Waals surface area contributed by atoms with E-state index in [-0.39, 0.29) is 12.0 Å². The molecule has 136 valence electrons. The molecule has 0 radical (unpaired) electrons. The summed E-state index contributed by atoms with van der Waals surface area (Å²) in [5.74, 6) is 0.186. The number of nitrogens with one attached hydrogen (secondary N) is 1. The maximum absolute atomic E-state index is 12.3. The molecule has 1 atom stereocenters. The van der Waals surface area contributed by atoms with E-state index in [1.165, 1.54) is 9.80 Å². The lowest BCUT2D eigenvalue weighted by Gasteiger charge is -2.33. The Morgan fingerprint density at radius 3 is 1.87 bits per heavy atom. The molecule has 0 aromatic carbocycles. The van der Waals surface area contributed by atoms with Crippen molar-refractivity contribution in [3.8, 4) is 0 Å². The Balaban J connectivity index is 1.61. The number of alkyl halides is 6. The van der Waals surface area contributed by atoms with Crippen LogP contribution in [0.2, 0.25) is 0 Å². The highest BCUT2D eigenvalue weighted by atomic mass is 19.4. The van der Waals surface area contributed by atoms with E-state index < -0.39 is 25.4 Å². The van der Waals surface area contributed by atoms with Crippen LogP contribution in [0.25, 0.3) is 0 Å². The van der Waals surface area contributed by atoms with Gasteiger partial charge in [0.1, 0.15) is 0 Å². The normalized spacial score (nSPS) is 26.1. The summed E-state index contributed by atoms with van der Waals surface area (Å²) in [6.07, 6.45) is -6.29. The highest BCUT2D eigenvalue weighted by Crippen LogP contribution is 2.23. The molecule has 0 saturated carbocycles. The molecule has 2 heterocycles. The highest BCUT2D eigenvalue weighted by Gasteiger charge is 2.35. The van der Waals surface area contributed by atoms with Crippen molar-refractivity contribution in [1.82, 2.24) is 15.1 Å². The third-order valence-electron chi connectivity index (χ3n) is 4.46. The number of nitrogens with zero attached hydrogens (tertiary/aromatic N) is 2. The maximum atomic E-state index is 12.3. The third-order valence-corrected chi connectivity index (χ3v) is 4.46. The van der Waals surface area contributed by atoms with Gasteiger partial charge in [-0.25, -0.2) is 0 Å². The van der Waals surface area contributed by atoms with Crippen molar-refractivity contribution in [3.05, 3.63) is 0 Å². The summed E-state index contributed by atoms with van der Waals surface area (Å²) in [5.41, 5.74) is 0. The number of halogens is 6. The van der Waals surface area contributed by atoms with Crippen LogP contribution >= 0.6 is 0 Å². The van der Waals surface area contributed by atoms with Crippen molar-refractivity contribution >= 4 is 0 Å². The van der Waals surface area contributed by atoms with Crippen molar-refractivity contribution in [2.45, 2.75) is 37.7 Å². The lowest BCUT2D eigenvalue weighted by Crippen LogP contribution is -2.46. The molecule has 0 aromatic heterocycles. The van der Waals surface area contributed by atoms with Gasteiger partial charge >= 0.3 is 12.4 Å². The second kappa shape index (κ2) is 7.57. The Labute approximate surface area is 132 Å². The van der Waals surface area contributed by atoms with Gasteiger partial charge in [0.25, 0.3) is 0 Å². The van der Waals surface area contributed by atoms with Gasteiger partial charge in [0.15, 0.2) is 0 Å². The van der Waals surface area contributed by atoms with E-state index in [0.717, 1.165) is 6.42 Å². The van der Waals surface area contributed by atoms with Crippen LogP contribution in [-0.2, 0) is 0 Å². The van der Waals surface area contributed by atoms with Gasteiger partial charge in [0.2, 0.25) is 0 Å². The number of rotatable bonds is 5. The van der Waals surface area contributed by atoms with Gasteiger partial charge in [-0.15, -0.1) is 0 Å². The molecule has 3 nitrogen and oxygen atoms in total. The van der Waals surface area contributed by atoms with Crippen molar-refractivity contribution < 1.29 is 26.3 Å². The van der Waals surface area contributed by atoms with E-state index in [1.807, 2.05) is 0 Å². The molecule has 0 amide bonds. The number of piperidine rings is 1. The topological polar surface area (TPSA) is 18.5 Å². The summed E-state index contributed by atoms with van der Waals surface area (Å²) >= 11 is 0. The van der Waals surface area contributed by atoms with E-state index in [1.54, 1.807) is 0 Å². The first-order valence-electron chi connectivity index (χ1n) is 7.92. The summed E-state index contributed by atoms with van der Waals surface area (Å²) in [7, 11) is 0. The minimum absolute atomic E-state index is 0.163. The molecular weight excluding hydrogens is 324 g/mol. The fourth-order valence-electron chi connectivity index (χ4n) is 3.36. The largest absolute Gasteiger partial charge is 0.401 e. The molecule has 2 aliphatic heterocycles. The molecule has 23 heavy (non-hydrogen) atoms. The minimum Gasteiger partial charge on any atom is -0.314 e. The van der Waals surface area contributed by atoms with Crippen LogP contribution in [0.15, 0.2) is 0 Å². The zero-order valence-corrected chi connectivity index (χ0v) is 12.9. The number of hydrogen-bond donors (Lipinski definition) is 1. The van der Waals surface area contributed by atoms with Crippen molar-refractivity contribution in [2.75, 3.05) is 45.8 Å². The van der Waals surface area contributed by atoms with E-state index in [0.29, 0.717) is 45.6 Å². The predicted molar refractivity (Wildman–Crippen MR) is 74.1 cm³/mol. The van der Waals surface area contributed by atoms with Gasteiger partial charge in [0.05, 0.1) is 13.1 Å². The second-order valence-electron chi connectivity index (χ2n) is 6.58. The summed E-state index contributed by atoms with van der Waals surface area (Å²) in [4.78, 5) is 2.82. The van der Waals surface area contributed by atoms with Crippen LogP contribution in [0, 0.1) is 5.92 Å². The van der Waals surface area contributed by atoms with Crippen LogP contribution in [0.1, 0.15) is 19.3 Å². The molecule has 2 saturated heterocycles. The maximum Gasteiger partial charge on any atom is 0.401 e. The summed E-state index contributed by atoms with van der Waals surface area (Å²) < 4.78 is 73.9. The SMILES string of the molecule is FC(F)(F)CN1CCC(NCC2CCN(CC(F)(F)F)C2)CC1. The average Bonchev–Trinajstić information content (AvgIpc) is 2.81. The Bertz CT molecular complexity index is 363. The highest BCUT2D eigenvalue weighted by molar-refractivity contribution is 4.83. The van der Waals surface area contributed by atoms with Gasteiger partial charge in [-0.1, -0.05) is 0 Å². The van der Waals surface area contributed by atoms with Crippen molar-refractivity contribution in [3.63, 3.8) is 0 Å². The van der Waals surface area contributed by atoms with Gasteiger partial charge in [-0.3, -0.25) is 9.80 Å². The lowest BCUT2D eigenvalue weighted by atomic mass is 10.0. The summed E-state index contributed by atoms with van der Waals surface area (Å²) in [5, 5.41) is 3.31.